The van der Waals surface area contributed by atoms with Crippen molar-refractivity contribution >= 4 is 111 Å². The van der Waals surface area contributed by atoms with Crippen molar-refractivity contribution in [2.45, 2.75) is 0 Å². The van der Waals surface area contributed by atoms with Crippen LogP contribution in [0.25, 0.3) is 43.4 Å². The third kappa shape index (κ3) is 4.60. The quantitative estimate of drug-likeness (QED) is 0.192. The molecular weight excluding hydrogens is 613 g/mol. The van der Waals surface area contributed by atoms with Crippen LogP contribution < -0.4 is 10.6 Å². The van der Waals surface area contributed by atoms with Crippen LogP contribution in [0.5, 0.6) is 0 Å². The van der Waals surface area contributed by atoms with Gasteiger partial charge in [0.1, 0.15) is 10.4 Å². The summed E-state index contributed by atoms with van der Waals surface area (Å²) in [6.45, 7) is 0. The molecule has 2 heterocycles. The number of hydrogen-bond donors (Lipinski definition) is 2. The highest BCUT2D eigenvalue weighted by Gasteiger charge is 2.19. The van der Waals surface area contributed by atoms with E-state index >= 15 is 0 Å². The molecule has 6 aromatic rings. The zero-order chi connectivity index (χ0) is 25.7. The van der Waals surface area contributed by atoms with Crippen LogP contribution in [0.4, 0.5) is 5.69 Å². The zero-order valence-corrected chi connectivity index (χ0v) is 23.4. The topological polar surface area (TPSA) is 67.2 Å². The number of halogens is 3. The molecule has 0 spiro atoms. The number of thiophene rings is 1. The predicted molar refractivity (Wildman–Crippen MR) is 160 cm³/mol. The number of benzene rings is 4. The number of rotatable bonds is 3. The summed E-state index contributed by atoms with van der Waals surface area (Å²) in [6.07, 6.45) is 0. The maximum Gasteiger partial charge on any atom is 0.269 e. The Morgan fingerprint density at radius 3 is 2.65 bits per heavy atom. The van der Waals surface area contributed by atoms with Gasteiger partial charge in [0.25, 0.3) is 5.91 Å². The Morgan fingerprint density at radius 1 is 0.973 bits per heavy atom. The lowest BCUT2D eigenvalue weighted by Gasteiger charge is -2.08. The maximum absolute atomic E-state index is 12.8. The number of hydrogen-bond acceptors (Lipinski definition) is 5. The summed E-state index contributed by atoms with van der Waals surface area (Å²) in [4.78, 5) is 17.9. The number of carbonyl (C=O) groups is 1. The molecule has 182 valence electrons. The van der Waals surface area contributed by atoms with Crippen LogP contribution in [-0.4, -0.2) is 16.0 Å². The SMILES string of the molecule is O=C(NC(=S)Nc1ccc2oc(-c3cccc4c(Br)cccc34)nc2c1)c1sc2cc(Cl)ccc2c1Cl. The van der Waals surface area contributed by atoms with Gasteiger partial charge in [-0.3, -0.25) is 10.1 Å². The number of nitrogens with one attached hydrogen (secondary N) is 2. The van der Waals surface area contributed by atoms with Crippen molar-refractivity contribution in [1.82, 2.24) is 10.3 Å². The number of amides is 1. The molecule has 2 N–H and O–H groups in total. The fraction of sp³-hybridized carbons (Fsp3) is 0. The van der Waals surface area contributed by atoms with Gasteiger partial charge in [-0.1, -0.05) is 69.5 Å². The first-order valence-electron chi connectivity index (χ1n) is 11.0. The average molecular weight is 627 g/mol. The Balaban J connectivity index is 1.23. The lowest BCUT2D eigenvalue weighted by Crippen LogP contribution is -2.33. The van der Waals surface area contributed by atoms with Gasteiger partial charge in [-0.25, -0.2) is 4.98 Å². The van der Waals surface area contributed by atoms with Crippen molar-refractivity contribution in [2.24, 2.45) is 0 Å². The Bertz CT molecular complexity index is 1880. The van der Waals surface area contributed by atoms with Crippen molar-refractivity contribution in [3.8, 4) is 11.5 Å². The summed E-state index contributed by atoms with van der Waals surface area (Å²) < 4.78 is 7.89. The van der Waals surface area contributed by atoms with E-state index < -0.39 is 5.91 Å². The fourth-order valence-electron chi connectivity index (χ4n) is 4.09. The summed E-state index contributed by atoms with van der Waals surface area (Å²) in [5, 5.41) is 9.69. The van der Waals surface area contributed by atoms with Crippen LogP contribution >= 0.6 is 62.7 Å². The molecule has 2 aromatic heterocycles. The largest absolute Gasteiger partial charge is 0.436 e. The molecule has 37 heavy (non-hydrogen) atoms. The summed E-state index contributed by atoms with van der Waals surface area (Å²) in [5.74, 6) is 0.123. The Morgan fingerprint density at radius 2 is 1.78 bits per heavy atom. The van der Waals surface area contributed by atoms with E-state index in [9.17, 15) is 4.79 Å². The minimum absolute atomic E-state index is 0.138. The molecule has 0 aliphatic carbocycles. The van der Waals surface area contributed by atoms with Crippen LogP contribution in [0, 0.1) is 0 Å². The highest BCUT2D eigenvalue weighted by atomic mass is 79.9. The van der Waals surface area contributed by atoms with E-state index in [1.165, 1.54) is 11.3 Å². The van der Waals surface area contributed by atoms with E-state index in [0.29, 0.717) is 37.6 Å². The van der Waals surface area contributed by atoms with Gasteiger partial charge in [-0.15, -0.1) is 11.3 Å². The number of fused-ring (bicyclic) bond motifs is 3. The molecule has 10 heteroatoms. The first-order valence-corrected chi connectivity index (χ1v) is 13.7. The van der Waals surface area contributed by atoms with Crippen molar-refractivity contribution in [2.75, 3.05) is 5.32 Å². The monoisotopic (exact) mass is 625 g/mol. The molecule has 0 saturated heterocycles. The highest BCUT2D eigenvalue weighted by Crippen LogP contribution is 2.37. The van der Waals surface area contributed by atoms with Crippen molar-refractivity contribution in [1.29, 1.82) is 0 Å². The zero-order valence-electron chi connectivity index (χ0n) is 18.6. The summed E-state index contributed by atoms with van der Waals surface area (Å²) in [7, 11) is 0. The van der Waals surface area contributed by atoms with Gasteiger partial charge < -0.3 is 9.73 Å². The van der Waals surface area contributed by atoms with Crippen LogP contribution in [0.2, 0.25) is 10.0 Å². The van der Waals surface area contributed by atoms with Crippen molar-refractivity contribution in [3.05, 3.63) is 92.2 Å². The number of nitrogens with zero attached hydrogens (tertiary/aromatic N) is 1. The molecule has 6 rings (SSSR count). The molecule has 0 fully saturated rings. The number of thiocarbonyl (C=S) groups is 1. The number of carbonyl (C=O) groups excluding carboxylic acids is 1. The molecule has 5 nitrogen and oxygen atoms in total. The van der Waals surface area contributed by atoms with Crippen molar-refractivity contribution in [3.63, 3.8) is 0 Å². The van der Waals surface area contributed by atoms with Crippen LogP contribution in [0.3, 0.4) is 0 Å². The fourth-order valence-corrected chi connectivity index (χ4v) is 6.48. The van der Waals surface area contributed by atoms with Gasteiger partial charge in [0.15, 0.2) is 10.7 Å². The van der Waals surface area contributed by atoms with E-state index in [1.54, 1.807) is 18.2 Å². The average Bonchev–Trinajstić information content (AvgIpc) is 3.44. The molecule has 0 atom stereocenters. The van der Waals surface area contributed by atoms with E-state index in [4.69, 9.17) is 44.8 Å². The Labute approximate surface area is 238 Å². The number of anilines is 1. The Kier molecular flexibility index (Phi) is 6.38. The third-order valence-electron chi connectivity index (χ3n) is 5.77. The number of aromatic nitrogens is 1. The maximum atomic E-state index is 12.8. The molecule has 0 aliphatic rings. The van der Waals surface area contributed by atoms with E-state index in [1.807, 2.05) is 54.6 Å². The molecule has 4 aromatic carbocycles. The lowest BCUT2D eigenvalue weighted by atomic mass is 10.0. The molecule has 0 aliphatic heterocycles. The lowest BCUT2D eigenvalue weighted by molar-refractivity contribution is 0.0982. The van der Waals surface area contributed by atoms with Crippen LogP contribution in [0.15, 0.2) is 81.7 Å². The van der Waals surface area contributed by atoms with Gasteiger partial charge >= 0.3 is 0 Å². The predicted octanol–water partition coefficient (Wildman–Crippen LogP) is 9.06. The van der Waals surface area contributed by atoms with E-state index in [2.05, 4.69) is 26.6 Å². The van der Waals surface area contributed by atoms with Crippen LogP contribution in [-0.2, 0) is 0 Å². The van der Waals surface area contributed by atoms with Crippen molar-refractivity contribution < 1.29 is 9.21 Å². The van der Waals surface area contributed by atoms with Gasteiger partial charge in [-0.05, 0) is 65.5 Å². The van der Waals surface area contributed by atoms with Gasteiger partial charge in [-0.2, -0.15) is 0 Å². The molecule has 0 bridgehead atoms. The van der Waals surface area contributed by atoms with Gasteiger partial charge in [0.05, 0.1) is 5.02 Å². The van der Waals surface area contributed by atoms with E-state index in [-0.39, 0.29) is 5.11 Å². The van der Waals surface area contributed by atoms with Gasteiger partial charge in [0, 0.05) is 30.8 Å². The van der Waals surface area contributed by atoms with Crippen LogP contribution in [0.1, 0.15) is 9.67 Å². The highest BCUT2D eigenvalue weighted by molar-refractivity contribution is 9.10. The summed E-state index contributed by atoms with van der Waals surface area (Å²) >= 11 is 22.7. The molecule has 0 unspecified atom stereocenters. The Hall–Kier alpha value is -3.01. The van der Waals surface area contributed by atoms with Gasteiger partial charge in [0.2, 0.25) is 5.89 Å². The minimum Gasteiger partial charge on any atom is -0.436 e. The van der Waals surface area contributed by atoms with E-state index in [0.717, 1.165) is 30.9 Å². The number of oxazole rings is 1. The molecular formula is C27H14BrCl2N3O2S2. The molecule has 1 amide bonds. The second-order valence-corrected chi connectivity index (χ2v) is 11.3. The normalized spacial score (nSPS) is 11.3. The summed E-state index contributed by atoms with van der Waals surface area (Å²) in [5.41, 5.74) is 2.85. The minimum atomic E-state index is -0.397. The first-order chi connectivity index (χ1) is 17.9. The standard InChI is InChI=1S/C27H14BrCl2N3O2S2/c28-19-6-2-3-15-16(19)4-1-5-17(15)26-32-20-12-14(8-10-21(20)35-26)31-27(36)33-25(34)24-23(30)18-9-7-13(29)11-22(18)37-24/h1-12H,(H2,31,33,34,36). The third-order valence-corrected chi connectivity index (χ3v) is 8.56. The summed E-state index contributed by atoms with van der Waals surface area (Å²) in [6, 6.07) is 22.8. The smallest absolute Gasteiger partial charge is 0.269 e. The second kappa shape index (κ2) is 9.70. The first kappa shape index (κ1) is 24.3. The second-order valence-electron chi connectivity index (χ2n) is 8.14. The molecule has 0 saturated carbocycles. The molecule has 0 radical (unpaired) electrons.